The molecule has 0 saturated carbocycles. The highest BCUT2D eigenvalue weighted by atomic mass is 35.5. The number of carbonyl (C=O) groups excluding carboxylic acids is 2. The van der Waals surface area contributed by atoms with Crippen LogP contribution in [0.25, 0.3) is 0 Å². The van der Waals surface area contributed by atoms with Gasteiger partial charge in [-0.05, 0) is 61.2 Å². The van der Waals surface area contributed by atoms with Gasteiger partial charge in [-0.1, -0.05) is 6.07 Å². The molecule has 3 heterocycles. The molecule has 9 heteroatoms. The second kappa shape index (κ2) is 9.69. The summed E-state index contributed by atoms with van der Waals surface area (Å²) >= 11 is 1.39. The molecule has 0 bridgehead atoms. The topological polar surface area (TPSA) is 88.0 Å². The minimum Gasteiger partial charge on any atom is -0.321 e. The van der Waals surface area contributed by atoms with Gasteiger partial charge in [0.25, 0.3) is 11.8 Å². The van der Waals surface area contributed by atoms with Crippen LogP contribution in [0.15, 0.2) is 54.0 Å². The van der Waals surface area contributed by atoms with E-state index >= 15 is 0 Å². The van der Waals surface area contributed by atoms with E-state index in [1.54, 1.807) is 36.4 Å². The number of hydrogen-bond acceptors (Lipinski definition) is 5. The molecule has 1 fully saturated rings. The Morgan fingerprint density at radius 1 is 1.07 bits per heavy atom. The Kier molecular flexibility index (Phi) is 7.03. The monoisotopic (exact) mass is 431 g/mol. The second-order valence-corrected chi connectivity index (χ2v) is 7.59. The zero-order valence-corrected chi connectivity index (χ0v) is 17.3. The van der Waals surface area contributed by atoms with Crippen molar-refractivity contribution in [2.24, 2.45) is 0 Å². The fourth-order valence-electron chi connectivity index (χ4n) is 3.15. The summed E-state index contributed by atoms with van der Waals surface area (Å²) in [5, 5.41) is 15.3. The number of benzene rings is 1. The molecule has 7 nitrogen and oxygen atoms in total. The summed E-state index contributed by atoms with van der Waals surface area (Å²) < 4.78 is 1.87. The molecule has 2 amide bonds. The summed E-state index contributed by atoms with van der Waals surface area (Å²) in [6.45, 7) is 1.91. The zero-order valence-electron chi connectivity index (χ0n) is 15.6. The number of aromatic nitrogens is 2. The molecule has 1 aromatic carbocycles. The molecule has 4 rings (SSSR count). The lowest BCUT2D eigenvalue weighted by atomic mass is 10.1. The van der Waals surface area contributed by atoms with Crippen molar-refractivity contribution in [1.82, 2.24) is 15.1 Å². The van der Waals surface area contributed by atoms with Gasteiger partial charge in [0, 0.05) is 24.1 Å². The molecule has 1 aliphatic rings. The van der Waals surface area contributed by atoms with E-state index in [2.05, 4.69) is 21.0 Å². The number of nitrogens with one attached hydrogen (secondary N) is 3. The molecule has 0 radical (unpaired) electrons. The Balaban J connectivity index is 0.00000240. The van der Waals surface area contributed by atoms with Gasteiger partial charge in [0.2, 0.25) is 0 Å². The number of piperidine rings is 1. The van der Waals surface area contributed by atoms with Crippen LogP contribution in [-0.4, -0.2) is 34.7 Å². The van der Waals surface area contributed by atoms with Crippen molar-refractivity contribution >= 4 is 46.9 Å². The third-order valence-electron chi connectivity index (χ3n) is 4.63. The highest BCUT2D eigenvalue weighted by Crippen LogP contribution is 2.18. The molecule has 3 aromatic rings. The first-order chi connectivity index (χ1) is 13.7. The minimum atomic E-state index is -0.252. The van der Waals surface area contributed by atoms with Gasteiger partial charge in [-0.25, -0.2) is 0 Å². The Bertz CT molecular complexity index is 950. The van der Waals surface area contributed by atoms with Crippen LogP contribution in [0.2, 0.25) is 0 Å². The van der Waals surface area contributed by atoms with Crippen molar-refractivity contribution in [3.63, 3.8) is 0 Å². The van der Waals surface area contributed by atoms with Crippen molar-refractivity contribution in [2.75, 3.05) is 23.7 Å². The van der Waals surface area contributed by atoms with E-state index in [0.29, 0.717) is 28.0 Å². The van der Waals surface area contributed by atoms with Crippen LogP contribution < -0.4 is 16.0 Å². The van der Waals surface area contributed by atoms with Crippen LogP contribution in [0.3, 0.4) is 0 Å². The molecule has 0 aliphatic carbocycles. The van der Waals surface area contributed by atoms with E-state index in [0.717, 1.165) is 25.9 Å². The smallest absolute Gasteiger partial charge is 0.276 e. The van der Waals surface area contributed by atoms with E-state index in [4.69, 9.17) is 0 Å². The molecule has 29 heavy (non-hydrogen) atoms. The lowest BCUT2D eigenvalue weighted by Crippen LogP contribution is -2.32. The number of amides is 2. The van der Waals surface area contributed by atoms with Gasteiger partial charge in [-0.3, -0.25) is 14.3 Å². The van der Waals surface area contributed by atoms with Gasteiger partial charge in [0.15, 0.2) is 5.69 Å². The summed E-state index contributed by atoms with van der Waals surface area (Å²) in [6, 6.07) is 12.7. The molecule has 2 aromatic heterocycles. The molecule has 152 valence electrons. The van der Waals surface area contributed by atoms with E-state index in [1.165, 1.54) is 11.3 Å². The van der Waals surface area contributed by atoms with Crippen molar-refractivity contribution < 1.29 is 9.59 Å². The summed E-state index contributed by atoms with van der Waals surface area (Å²) in [5.74, 6) is -0.396. The number of halogens is 1. The normalized spacial score (nSPS) is 15.9. The van der Waals surface area contributed by atoms with Gasteiger partial charge >= 0.3 is 0 Å². The van der Waals surface area contributed by atoms with Crippen LogP contribution in [0.1, 0.15) is 39.0 Å². The molecule has 1 unspecified atom stereocenters. The van der Waals surface area contributed by atoms with Crippen molar-refractivity contribution in [1.29, 1.82) is 0 Å². The van der Waals surface area contributed by atoms with Crippen LogP contribution >= 0.6 is 23.7 Å². The summed E-state index contributed by atoms with van der Waals surface area (Å²) in [6.07, 6.45) is 4.03. The molecule has 1 atom stereocenters. The highest BCUT2D eigenvalue weighted by Gasteiger charge is 2.17. The Morgan fingerprint density at radius 2 is 1.79 bits per heavy atom. The predicted molar refractivity (Wildman–Crippen MR) is 117 cm³/mol. The number of anilines is 2. The SMILES string of the molecule is Cl.O=C(Nc1ccc(NC(=O)c2cccs2)cc1)c1ccn(C2CCCNC2)n1. The van der Waals surface area contributed by atoms with Crippen LogP contribution in [0.4, 0.5) is 11.4 Å². The average molecular weight is 432 g/mol. The third kappa shape index (κ3) is 5.23. The number of hydrogen-bond donors (Lipinski definition) is 3. The summed E-state index contributed by atoms with van der Waals surface area (Å²) in [4.78, 5) is 25.2. The predicted octanol–water partition coefficient (Wildman–Crippen LogP) is 3.80. The minimum absolute atomic E-state index is 0. The van der Waals surface area contributed by atoms with Gasteiger partial charge in [-0.2, -0.15) is 5.10 Å². The average Bonchev–Trinajstić information content (AvgIpc) is 3.42. The number of carbonyl (C=O) groups is 2. The largest absolute Gasteiger partial charge is 0.321 e. The summed E-state index contributed by atoms with van der Waals surface area (Å²) in [7, 11) is 0. The first-order valence-corrected chi connectivity index (χ1v) is 10.1. The summed E-state index contributed by atoms with van der Waals surface area (Å²) in [5.41, 5.74) is 1.71. The van der Waals surface area contributed by atoms with Crippen molar-refractivity contribution in [2.45, 2.75) is 18.9 Å². The standard InChI is InChI=1S/C20H21N5O2S.ClH/c26-19(17-9-11-25(24-17)16-3-1-10-21-13-16)22-14-5-7-15(8-6-14)23-20(27)18-4-2-12-28-18;/h2,4-9,11-12,16,21H,1,3,10,13H2,(H,22,26)(H,23,27);1H. The number of nitrogens with zero attached hydrogens (tertiary/aromatic N) is 2. The van der Waals surface area contributed by atoms with Gasteiger partial charge in [-0.15, -0.1) is 23.7 Å². The van der Waals surface area contributed by atoms with Crippen molar-refractivity contribution in [3.8, 4) is 0 Å². The van der Waals surface area contributed by atoms with Crippen LogP contribution in [0, 0.1) is 0 Å². The molecule has 0 spiro atoms. The molecule has 1 saturated heterocycles. The van der Waals surface area contributed by atoms with Gasteiger partial charge in [0.05, 0.1) is 10.9 Å². The quantitative estimate of drug-likeness (QED) is 0.573. The molecular weight excluding hydrogens is 410 g/mol. The highest BCUT2D eigenvalue weighted by molar-refractivity contribution is 7.12. The fourth-order valence-corrected chi connectivity index (χ4v) is 3.77. The first kappa shape index (κ1) is 21.0. The fraction of sp³-hybridized carbons (Fsp3) is 0.250. The molecular formula is C20H22ClN5O2S. The van der Waals surface area contributed by atoms with Crippen LogP contribution in [-0.2, 0) is 0 Å². The molecule has 3 N–H and O–H groups in total. The van der Waals surface area contributed by atoms with Gasteiger partial charge in [0.1, 0.15) is 0 Å². The maximum atomic E-state index is 12.5. The maximum Gasteiger partial charge on any atom is 0.276 e. The van der Waals surface area contributed by atoms with E-state index in [9.17, 15) is 9.59 Å². The van der Waals surface area contributed by atoms with E-state index in [-0.39, 0.29) is 24.2 Å². The first-order valence-electron chi connectivity index (χ1n) is 9.21. The van der Waals surface area contributed by atoms with Crippen molar-refractivity contribution in [3.05, 3.63) is 64.6 Å². The zero-order chi connectivity index (χ0) is 19.3. The number of thiophene rings is 1. The Morgan fingerprint density at radius 3 is 2.41 bits per heavy atom. The Hall–Kier alpha value is -2.68. The van der Waals surface area contributed by atoms with E-state index < -0.39 is 0 Å². The maximum absolute atomic E-state index is 12.5. The number of rotatable bonds is 5. The Labute approximate surface area is 178 Å². The van der Waals surface area contributed by atoms with Gasteiger partial charge < -0.3 is 16.0 Å². The lowest BCUT2D eigenvalue weighted by Gasteiger charge is -2.22. The molecule has 1 aliphatic heterocycles. The lowest BCUT2D eigenvalue weighted by molar-refractivity contribution is 0.101. The third-order valence-corrected chi connectivity index (χ3v) is 5.50. The van der Waals surface area contributed by atoms with Crippen LogP contribution in [0.5, 0.6) is 0 Å². The second-order valence-electron chi connectivity index (χ2n) is 6.64. The van der Waals surface area contributed by atoms with E-state index in [1.807, 2.05) is 22.3 Å².